The number of phenolic OH excluding ortho intramolecular Hbond substituents is 1. The Bertz CT molecular complexity index is 1810. The van der Waals surface area contributed by atoms with Crippen molar-refractivity contribution in [2.24, 2.45) is 0 Å². The summed E-state index contributed by atoms with van der Waals surface area (Å²) in [5, 5.41) is 88.8. The summed E-state index contributed by atoms with van der Waals surface area (Å²) in [5.41, 5.74) is -2.67. The molecule has 236 valence electrons. The molecule has 0 radical (unpaired) electrons. The average Bonchev–Trinajstić information content (AvgIpc) is 3.02. The average molecular weight is 627 g/mol. The predicted molar refractivity (Wildman–Crippen MR) is 139 cm³/mol. The summed E-state index contributed by atoms with van der Waals surface area (Å²) in [6.07, 6.45) is -19.5. The number of aliphatic hydroxyl groups is 6. The number of ether oxygens (including phenoxy) is 4. The SMILES string of the molecule is [2H]c1c([2H])c(-c2coc3cc(O[C@@H]4O[C@H](C(=O)O)[C@@H](O)[C@H](O)[C@H]4O)cc(O)c3c2=O)c([2H])c([2H])c1O[C@@H]1O[C@H](C(=O)O)[C@@H](O)[C@H](O)[C@H]1O. The number of fused-ring (bicyclic) bond motifs is 1. The van der Waals surface area contributed by atoms with E-state index in [0.29, 0.717) is 0 Å². The van der Waals surface area contributed by atoms with E-state index >= 15 is 0 Å². The minimum absolute atomic E-state index is 0.367. The van der Waals surface area contributed by atoms with Crippen LogP contribution in [0.1, 0.15) is 5.48 Å². The molecule has 17 nitrogen and oxygen atoms in total. The van der Waals surface area contributed by atoms with Crippen LogP contribution in [0.25, 0.3) is 22.1 Å². The standard InChI is InChI=1S/C27H26O17/c28-12-5-10(42-27-21(35)17(31)19(33)23(44-27)25(38)39)6-13-14(12)15(29)11(7-40-13)8-1-3-9(4-2-8)41-26-20(34)16(30)18(32)22(43-26)24(36)37/h1-7,16-23,26-28,30-35H,(H,36,37)(H,38,39)/t16-,17-,18-,19-,20+,21+,22-,23-,26+,27+/m0/s1/i1D,2D,3D,4D. The number of aliphatic hydroxyl groups excluding tert-OH is 6. The molecule has 9 N–H and O–H groups in total. The van der Waals surface area contributed by atoms with Gasteiger partial charge in [0.2, 0.25) is 18.0 Å². The van der Waals surface area contributed by atoms with Gasteiger partial charge in [-0.15, -0.1) is 0 Å². The van der Waals surface area contributed by atoms with Gasteiger partial charge in [0.1, 0.15) is 71.1 Å². The van der Waals surface area contributed by atoms with Gasteiger partial charge in [-0.25, -0.2) is 9.59 Å². The number of hydrogen-bond acceptors (Lipinski definition) is 15. The fraction of sp³-hybridized carbons (Fsp3) is 0.370. The summed E-state index contributed by atoms with van der Waals surface area (Å²) in [6.45, 7) is 0. The highest BCUT2D eigenvalue weighted by Gasteiger charge is 2.49. The smallest absolute Gasteiger partial charge is 0.335 e. The first-order chi connectivity index (χ1) is 22.5. The van der Waals surface area contributed by atoms with E-state index in [0.717, 1.165) is 18.4 Å². The van der Waals surface area contributed by atoms with E-state index in [1.807, 2.05) is 0 Å². The van der Waals surface area contributed by atoms with Crippen LogP contribution < -0.4 is 14.9 Å². The Morgan fingerprint density at radius 3 is 1.73 bits per heavy atom. The molecule has 0 amide bonds. The molecule has 3 heterocycles. The lowest BCUT2D eigenvalue weighted by atomic mass is 9.99. The van der Waals surface area contributed by atoms with E-state index in [9.17, 15) is 60.3 Å². The van der Waals surface area contributed by atoms with Crippen LogP contribution in [0, 0.1) is 0 Å². The lowest BCUT2D eigenvalue weighted by Crippen LogP contribution is -2.61. The van der Waals surface area contributed by atoms with Crippen molar-refractivity contribution in [3.63, 3.8) is 0 Å². The van der Waals surface area contributed by atoms with Crippen LogP contribution in [0.15, 0.2) is 51.8 Å². The van der Waals surface area contributed by atoms with Crippen molar-refractivity contribution < 1.29 is 84.4 Å². The summed E-state index contributed by atoms with van der Waals surface area (Å²) in [6, 6.07) is -1.85. The van der Waals surface area contributed by atoms with Gasteiger partial charge in [0.25, 0.3) is 0 Å². The van der Waals surface area contributed by atoms with Gasteiger partial charge in [-0.3, -0.25) is 4.79 Å². The Kier molecular flexibility index (Phi) is 7.11. The maximum Gasteiger partial charge on any atom is 0.335 e. The minimum Gasteiger partial charge on any atom is -0.507 e. The second-order valence-electron chi connectivity index (χ2n) is 9.70. The third kappa shape index (κ3) is 5.65. The van der Waals surface area contributed by atoms with Crippen molar-refractivity contribution in [2.45, 2.75) is 61.4 Å². The van der Waals surface area contributed by atoms with Crippen LogP contribution in [-0.2, 0) is 19.1 Å². The van der Waals surface area contributed by atoms with E-state index in [1.54, 1.807) is 0 Å². The number of aromatic hydroxyl groups is 1. The molecule has 1 aromatic heterocycles. The molecule has 0 bridgehead atoms. The van der Waals surface area contributed by atoms with Crippen LogP contribution in [-0.4, -0.2) is 119 Å². The third-order valence-corrected chi connectivity index (χ3v) is 6.81. The second kappa shape index (κ2) is 12.0. The summed E-state index contributed by atoms with van der Waals surface area (Å²) in [5.74, 6) is -5.50. The van der Waals surface area contributed by atoms with E-state index in [-0.39, 0.29) is 11.3 Å². The molecule has 2 aliphatic heterocycles. The van der Waals surface area contributed by atoms with Crippen LogP contribution in [0.2, 0.25) is 0 Å². The van der Waals surface area contributed by atoms with Gasteiger partial charge in [-0.2, -0.15) is 0 Å². The number of carboxylic acid groups (broad SMARTS) is 2. The number of hydrogen-bond donors (Lipinski definition) is 9. The number of carboxylic acids is 2. The molecule has 3 aromatic rings. The van der Waals surface area contributed by atoms with Crippen molar-refractivity contribution in [3.8, 4) is 28.4 Å². The zero-order valence-electron chi connectivity index (χ0n) is 25.8. The van der Waals surface area contributed by atoms with Gasteiger partial charge in [0.05, 0.1) is 11.0 Å². The molecule has 0 unspecified atom stereocenters. The van der Waals surface area contributed by atoms with Gasteiger partial charge in [-0.1, -0.05) is 12.1 Å². The Morgan fingerprint density at radius 2 is 1.23 bits per heavy atom. The molecule has 5 rings (SSSR count). The number of rotatable bonds is 7. The first kappa shape index (κ1) is 26.1. The number of aliphatic carboxylic acids is 2. The van der Waals surface area contributed by atoms with E-state index in [1.165, 1.54) is 0 Å². The molecule has 0 spiro atoms. The van der Waals surface area contributed by atoms with Crippen LogP contribution in [0.4, 0.5) is 0 Å². The summed E-state index contributed by atoms with van der Waals surface area (Å²) in [4.78, 5) is 36.3. The van der Waals surface area contributed by atoms with Crippen LogP contribution in [0.5, 0.6) is 17.2 Å². The molecule has 2 aliphatic rings. The molecular formula is C27H26O17. The van der Waals surface area contributed by atoms with Gasteiger partial charge in [0, 0.05) is 12.1 Å². The molecule has 2 aromatic carbocycles. The quantitative estimate of drug-likeness (QED) is 0.133. The first-order valence-electron chi connectivity index (χ1n) is 14.5. The summed E-state index contributed by atoms with van der Waals surface area (Å²) >= 11 is 0. The molecule has 0 saturated carbocycles. The molecule has 2 fully saturated rings. The lowest BCUT2D eigenvalue weighted by molar-refractivity contribution is -0.271. The fourth-order valence-electron chi connectivity index (χ4n) is 4.49. The highest BCUT2D eigenvalue weighted by Crippen LogP contribution is 2.33. The number of carbonyl (C=O) groups is 2. The van der Waals surface area contributed by atoms with Gasteiger partial charge in [-0.05, 0) is 17.6 Å². The Labute approximate surface area is 250 Å². The van der Waals surface area contributed by atoms with Crippen LogP contribution >= 0.6 is 0 Å². The topological polar surface area (TPSA) is 283 Å². The second-order valence-corrected chi connectivity index (χ2v) is 9.70. The molecular weight excluding hydrogens is 596 g/mol. The van der Waals surface area contributed by atoms with E-state index in [4.69, 9.17) is 28.8 Å². The largest absolute Gasteiger partial charge is 0.507 e. The van der Waals surface area contributed by atoms with Crippen LogP contribution in [0.3, 0.4) is 0 Å². The monoisotopic (exact) mass is 626 g/mol. The Balaban J connectivity index is 1.49. The lowest BCUT2D eigenvalue weighted by Gasteiger charge is -2.38. The molecule has 44 heavy (non-hydrogen) atoms. The minimum atomic E-state index is -2.10. The van der Waals surface area contributed by atoms with Crippen molar-refractivity contribution in [3.05, 3.63) is 52.8 Å². The highest BCUT2D eigenvalue weighted by molar-refractivity contribution is 5.88. The van der Waals surface area contributed by atoms with Crippen molar-refractivity contribution in [1.29, 1.82) is 0 Å². The number of phenols is 1. The van der Waals surface area contributed by atoms with Gasteiger partial charge in [0.15, 0.2) is 12.2 Å². The summed E-state index contributed by atoms with van der Waals surface area (Å²) < 4.78 is 59.6. The maximum atomic E-state index is 13.5. The normalized spacial score (nSPS) is 33.5. The van der Waals surface area contributed by atoms with Crippen molar-refractivity contribution in [1.82, 2.24) is 0 Å². The zero-order valence-corrected chi connectivity index (χ0v) is 21.8. The highest BCUT2D eigenvalue weighted by atomic mass is 16.7. The third-order valence-electron chi connectivity index (χ3n) is 6.81. The molecule has 10 atom stereocenters. The van der Waals surface area contributed by atoms with Crippen molar-refractivity contribution in [2.75, 3.05) is 0 Å². The zero-order chi connectivity index (χ0) is 35.5. The van der Waals surface area contributed by atoms with E-state index < -0.39 is 131 Å². The predicted octanol–water partition coefficient (Wildman–Crippen LogP) is -2.29. The Hall–Kier alpha value is -4.33. The van der Waals surface area contributed by atoms with Crippen molar-refractivity contribution >= 4 is 22.9 Å². The van der Waals surface area contributed by atoms with E-state index in [2.05, 4.69) is 0 Å². The fourth-order valence-corrected chi connectivity index (χ4v) is 4.49. The Morgan fingerprint density at radius 1 is 0.727 bits per heavy atom. The number of benzene rings is 2. The van der Waals surface area contributed by atoms with Gasteiger partial charge < -0.3 is 69.3 Å². The first-order valence-corrected chi connectivity index (χ1v) is 12.5. The molecule has 17 heteroatoms. The van der Waals surface area contributed by atoms with Gasteiger partial charge >= 0.3 is 11.9 Å². The summed E-state index contributed by atoms with van der Waals surface area (Å²) in [7, 11) is 0. The molecule has 0 aliphatic carbocycles. The maximum absolute atomic E-state index is 13.5. The molecule has 2 saturated heterocycles.